The molecule has 16 heavy (non-hydrogen) atoms. The fourth-order valence-electron chi connectivity index (χ4n) is 1.73. The second-order valence-corrected chi connectivity index (χ2v) is 5.27. The van der Waals surface area contributed by atoms with Crippen molar-refractivity contribution in [3.63, 3.8) is 0 Å². The number of hydrogen-bond donors (Lipinski definition) is 1. The summed E-state index contributed by atoms with van der Waals surface area (Å²) in [6.45, 7) is 6.72. The highest BCUT2D eigenvalue weighted by Crippen LogP contribution is 2.32. The Bertz CT molecular complexity index is 356. The lowest BCUT2D eigenvalue weighted by Crippen LogP contribution is -2.19. The van der Waals surface area contributed by atoms with Crippen LogP contribution in [-0.4, -0.2) is 22.8 Å². The Morgan fingerprint density at radius 3 is 2.62 bits per heavy atom. The van der Waals surface area contributed by atoms with Gasteiger partial charge in [0, 0.05) is 12.0 Å². The molecule has 1 aliphatic rings. The number of aromatic nitrogens is 2. The van der Waals surface area contributed by atoms with Gasteiger partial charge in [0.05, 0.1) is 6.10 Å². The highest BCUT2D eigenvalue weighted by Gasteiger charge is 2.31. The molecule has 1 saturated heterocycles. The molecule has 1 aliphatic heterocycles. The predicted molar refractivity (Wildman–Crippen MR) is 58.9 cm³/mol. The molecule has 5 heteroatoms. The molecule has 1 aromatic heterocycles. The fraction of sp³-hybridized carbons (Fsp3) is 0.818. The largest absolute Gasteiger partial charge is 0.364 e. The summed E-state index contributed by atoms with van der Waals surface area (Å²) in [6.07, 6.45) is 1.94. The standard InChI is InChI=1S/C11H19N3O2/c1-11(2,3)10-13-9(16-14-10)8-5-4-7(6-12)15-8/h7-8H,4-6,12H2,1-3H3/t7-,8-/m0/s1. The molecule has 2 atom stereocenters. The van der Waals surface area contributed by atoms with Crippen molar-refractivity contribution in [1.29, 1.82) is 0 Å². The lowest BCUT2D eigenvalue weighted by atomic mass is 9.96. The first-order valence-electron chi connectivity index (χ1n) is 5.70. The SMILES string of the molecule is CC(C)(C)c1noc([C@@H]2CC[C@@H](CN)O2)n1. The topological polar surface area (TPSA) is 74.2 Å². The number of nitrogens with zero attached hydrogens (tertiary/aromatic N) is 2. The van der Waals surface area contributed by atoms with Crippen LogP contribution in [0.25, 0.3) is 0 Å². The van der Waals surface area contributed by atoms with Crippen molar-refractivity contribution in [3.05, 3.63) is 11.7 Å². The lowest BCUT2D eigenvalue weighted by molar-refractivity contribution is 0.0307. The van der Waals surface area contributed by atoms with Gasteiger partial charge in [-0.2, -0.15) is 4.98 Å². The maximum atomic E-state index is 5.70. The minimum Gasteiger partial charge on any atom is -0.364 e. The summed E-state index contributed by atoms with van der Waals surface area (Å²) >= 11 is 0. The molecule has 0 spiro atoms. The van der Waals surface area contributed by atoms with Gasteiger partial charge in [0.2, 0.25) is 0 Å². The predicted octanol–water partition coefficient (Wildman–Crippen LogP) is 1.55. The van der Waals surface area contributed by atoms with Gasteiger partial charge in [-0.05, 0) is 12.8 Å². The third-order valence-electron chi connectivity index (χ3n) is 2.76. The zero-order valence-electron chi connectivity index (χ0n) is 10.1. The molecule has 5 nitrogen and oxygen atoms in total. The minimum atomic E-state index is -0.0897. The van der Waals surface area contributed by atoms with Crippen molar-refractivity contribution in [3.8, 4) is 0 Å². The maximum absolute atomic E-state index is 5.70. The molecule has 0 amide bonds. The first-order valence-corrected chi connectivity index (χ1v) is 5.70. The van der Waals surface area contributed by atoms with Crippen molar-refractivity contribution in [2.75, 3.05) is 6.54 Å². The van der Waals surface area contributed by atoms with E-state index >= 15 is 0 Å². The van der Waals surface area contributed by atoms with E-state index in [2.05, 4.69) is 30.9 Å². The van der Waals surface area contributed by atoms with Crippen molar-refractivity contribution >= 4 is 0 Å². The van der Waals surface area contributed by atoms with Crippen LogP contribution >= 0.6 is 0 Å². The Balaban J connectivity index is 2.08. The smallest absolute Gasteiger partial charge is 0.255 e. The minimum absolute atomic E-state index is 0.0721. The van der Waals surface area contributed by atoms with Gasteiger partial charge in [0.15, 0.2) is 5.82 Å². The van der Waals surface area contributed by atoms with Crippen LogP contribution in [0.5, 0.6) is 0 Å². The molecular weight excluding hydrogens is 206 g/mol. The lowest BCUT2D eigenvalue weighted by Gasteiger charge is -2.11. The number of ether oxygens (including phenoxy) is 1. The van der Waals surface area contributed by atoms with Gasteiger partial charge in [-0.3, -0.25) is 0 Å². The summed E-state index contributed by atoms with van der Waals surface area (Å²) in [7, 11) is 0. The fourth-order valence-corrected chi connectivity index (χ4v) is 1.73. The third kappa shape index (κ3) is 2.25. The molecule has 2 heterocycles. The van der Waals surface area contributed by atoms with E-state index in [1.165, 1.54) is 0 Å². The third-order valence-corrected chi connectivity index (χ3v) is 2.76. The van der Waals surface area contributed by atoms with Gasteiger partial charge in [-0.1, -0.05) is 25.9 Å². The van der Waals surface area contributed by atoms with Gasteiger partial charge in [0.1, 0.15) is 6.10 Å². The quantitative estimate of drug-likeness (QED) is 0.826. The van der Waals surface area contributed by atoms with Crippen LogP contribution < -0.4 is 5.73 Å². The van der Waals surface area contributed by atoms with Crippen LogP contribution in [0.1, 0.15) is 51.4 Å². The van der Waals surface area contributed by atoms with Gasteiger partial charge in [-0.15, -0.1) is 0 Å². The van der Waals surface area contributed by atoms with Crippen LogP contribution in [-0.2, 0) is 10.2 Å². The molecule has 0 bridgehead atoms. The Morgan fingerprint density at radius 2 is 2.12 bits per heavy atom. The molecule has 2 rings (SSSR count). The second-order valence-electron chi connectivity index (χ2n) is 5.27. The van der Waals surface area contributed by atoms with Crippen LogP contribution in [0, 0.1) is 0 Å². The normalized spacial score (nSPS) is 26.2. The molecule has 0 saturated carbocycles. The number of hydrogen-bond acceptors (Lipinski definition) is 5. The number of nitrogens with two attached hydrogens (primary N) is 1. The first kappa shape index (κ1) is 11.5. The average Bonchev–Trinajstić information content (AvgIpc) is 2.85. The summed E-state index contributed by atoms with van der Waals surface area (Å²) in [5.41, 5.74) is 5.47. The van der Waals surface area contributed by atoms with Crippen molar-refractivity contribution in [2.45, 2.75) is 51.2 Å². The zero-order chi connectivity index (χ0) is 11.8. The van der Waals surface area contributed by atoms with Gasteiger partial charge < -0.3 is 15.0 Å². The summed E-state index contributed by atoms with van der Waals surface area (Å²) in [4.78, 5) is 4.39. The molecule has 0 radical (unpaired) electrons. The van der Waals surface area contributed by atoms with E-state index in [1.807, 2.05) is 0 Å². The molecule has 1 fully saturated rings. The van der Waals surface area contributed by atoms with E-state index in [1.54, 1.807) is 0 Å². The Kier molecular flexibility index (Phi) is 2.99. The van der Waals surface area contributed by atoms with Crippen molar-refractivity contribution in [2.24, 2.45) is 5.73 Å². The van der Waals surface area contributed by atoms with E-state index in [0.717, 1.165) is 18.7 Å². The van der Waals surface area contributed by atoms with E-state index in [4.69, 9.17) is 15.0 Å². The number of rotatable bonds is 2. The van der Waals surface area contributed by atoms with Crippen molar-refractivity contribution in [1.82, 2.24) is 10.1 Å². The van der Waals surface area contributed by atoms with Crippen LogP contribution in [0.3, 0.4) is 0 Å². The molecule has 0 unspecified atom stereocenters. The Hall–Kier alpha value is -0.940. The van der Waals surface area contributed by atoms with E-state index in [9.17, 15) is 0 Å². The summed E-state index contributed by atoms with van der Waals surface area (Å²) in [6, 6.07) is 0. The molecule has 1 aromatic rings. The average molecular weight is 225 g/mol. The van der Waals surface area contributed by atoms with E-state index in [-0.39, 0.29) is 17.6 Å². The Labute approximate surface area is 95.3 Å². The summed E-state index contributed by atoms with van der Waals surface area (Å²) in [5, 5.41) is 3.99. The summed E-state index contributed by atoms with van der Waals surface area (Å²) < 4.78 is 10.9. The monoisotopic (exact) mass is 225 g/mol. The molecule has 0 aliphatic carbocycles. The van der Waals surface area contributed by atoms with Gasteiger partial charge in [-0.25, -0.2) is 0 Å². The van der Waals surface area contributed by atoms with Gasteiger partial charge in [0.25, 0.3) is 5.89 Å². The first-order chi connectivity index (χ1) is 7.50. The van der Waals surface area contributed by atoms with Crippen LogP contribution in [0.2, 0.25) is 0 Å². The molecule has 0 aromatic carbocycles. The summed E-state index contributed by atoms with van der Waals surface area (Å²) in [5.74, 6) is 1.31. The molecule has 2 N–H and O–H groups in total. The highest BCUT2D eigenvalue weighted by molar-refractivity contribution is 5.02. The van der Waals surface area contributed by atoms with Crippen LogP contribution in [0.4, 0.5) is 0 Å². The van der Waals surface area contributed by atoms with Crippen molar-refractivity contribution < 1.29 is 9.26 Å². The second kappa shape index (κ2) is 4.14. The zero-order valence-corrected chi connectivity index (χ0v) is 10.1. The van der Waals surface area contributed by atoms with E-state index in [0.29, 0.717) is 12.4 Å². The van der Waals surface area contributed by atoms with Gasteiger partial charge >= 0.3 is 0 Å². The Morgan fingerprint density at radius 1 is 1.38 bits per heavy atom. The molecular formula is C11H19N3O2. The van der Waals surface area contributed by atoms with E-state index < -0.39 is 0 Å². The molecule has 90 valence electrons. The highest BCUT2D eigenvalue weighted by atomic mass is 16.5. The maximum Gasteiger partial charge on any atom is 0.255 e. The van der Waals surface area contributed by atoms with Crippen LogP contribution in [0.15, 0.2) is 4.52 Å².